The van der Waals surface area contributed by atoms with Gasteiger partial charge in [-0.05, 0) is 18.8 Å². The third-order valence-electron chi connectivity index (χ3n) is 2.56. The molecule has 2 rings (SSSR count). The first kappa shape index (κ1) is 13.3. The van der Waals surface area contributed by atoms with Crippen LogP contribution in [0.5, 0.6) is 0 Å². The minimum absolute atomic E-state index is 0.468. The molecular weight excluding hydrogens is 232 g/mol. The highest BCUT2D eigenvalue weighted by Crippen LogP contribution is 2.19. The Kier molecular flexibility index (Phi) is 4.95. The number of anilines is 1. The van der Waals surface area contributed by atoms with Gasteiger partial charge in [0.1, 0.15) is 0 Å². The Labute approximate surface area is 107 Å². The SMILES string of the molecule is CC(C)COCCNc1nnc(CNC2CC2)o1. The zero-order valence-electron chi connectivity index (χ0n) is 11.1. The summed E-state index contributed by atoms with van der Waals surface area (Å²) in [5, 5.41) is 14.3. The fraction of sp³-hybridized carbons (Fsp3) is 0.833. The van der Waals surface area contributed by atoms with Gasteiger partial charge in [-0.25, -0.2) is 0 Å². The predicted octanol–water partition coefficient (Wildman–Crippen LogP) is 1.41. The van der Waals surface area contributed by atoms with E-state index >= 15 is 0 Å². The normalized spacial score (nSPS) is 15.3. The van der Waals surface area contributed by atoms with Gasteiger partial charge in [0, 0.05) is 19.2 Å². The van der Waals surface area contributed by atoms with Crippen LogP contribution in [-0.4, -0.2) is 36.0 Å². The van der Waals surface area contributed by atoms with E-state index in [9.17, 15) is 0 Å². The van der Waals surface area contributed by atoms with Crippen molar-refractivity contribution in [2.45, 2.75) is 39.3 Å². The van der Waals surface area contributed by atoms with Crippen LogP contribution < -0.4 is 10.6 Å². The molecule has 0 saturated heterocycles. The molecule has 0 atom stereocenters. The molecule has 0 aliphatic heterocycles. The summed E-state index contributed by atoms with van der Waals surface area (Å²) in [4.78, 5) is 0. The van der Waals surface area contributed by atoms with Gasteiger partial charge < -0.3 is 19.8 Å². The minimum atomic E-state index is 0.468. The van der Waals surface area contributed by atoms with Crippen molar-refractivity contribution < 1.29 is 9.15 Å². The van der Waals surface area contributed by atoms with E-state index in [4.69, 9.17) is 9.15 Å². The smallest absolute Gasteiger partial charge is 0.315 e. The van der Waals surface area contributed by atoms with Gasteiger partial charge in [-0.2, -0.15) is 0 Å². The molecule has 0 amide bonds. The van der Waals surface area contributed by atoms with Crippen molar-refractivity contribution in [2.24, 2.45) is 5.92 Å². The molecule has 0 radical (unpaired) electrons. The lowest BCUT2D eigenvalue weighted by Gasteiger charge is -2.06. The molecule has 1 aromatic rings. The quantitative estimate of drug-likeness (QED) is 0.649. The van der Waals surface area contributed by atoms with Crippen LogP contribution in [-0.2, 0) is 11.3 Å². The van der Waals surface area contributed by atoms with E-state index in [0.717, 1.165) is 6.61 Å². The third-order valence-corrected chi connectivity index (χ3v) is 2.56. The largest absolute Gasteiger partial charge is 0.407 e. The van der Waals surface area contributed by atoms with E-state index < -0.39 is 0 Å². The fourth-order valence-electron chi connectivity index (χ4n) is 1.46. The molecule has 18 heavy (non-hydrogen) atoms. The highest BCUT2D eigenvalue weighted by Gasteiger charge is 2.21. The molecule has 1 saturated carbocycles. The molecule has 1 fully saturated rings. The number of nitrogens with zero attached hydrogens (tertiary/aromatic N) is 2. The molecule has 0 bridgehead atoms. The summed E-state index contributed by atoms with van der Waals surface area (Å²) in [7, 11) is 0. The molecule has 0 aromatic carbocycles. The van der Waals surface area contributed by atoms with Crippen molar-refractivity contribution in [3.05, 3.63) is 5.89 Å². The Morgan fingerprint density at radius 3 is 2.94 bits per heavy atom. The maximum absolute atomic E-state index is 5.45. The van der Waals surface area contributed by atoms with Gasteiger partial charge in [0.15, 0.2) is 0 Å². The Morgan fingerprint density at radius 1 is 1.39 bits per heavy atom. The summed E-state index contributed by atoms with van der Waals surface area (Å²) in [5.74, 6) is 1.20. The van der Waals surface area contributed by atoms with Crippen LogP contribution in [0.15, 0.2) is 4.42 Å². The minimum Gasteiger partial charge on any atom is -0.407 e. The zero-order valence-corrected chi connectivity index (χ0v) is 11.1. The average molecular weight is 254 g/mol. The first-order chi connectivity index (χ1) is 8.74. The van der Waals surface area contributed by atoms with E-state index in [0.29, 0.717) is 43.6 Å². The second-order valence-electron chi connectivity index (χ2n) is 5.05. The molecule has 2 N–H and O–H groups in total. The van der Waals surface area contributed by atoms with Crippen LogP contribution in [0.2, 0.25) is 0 Å². The summed E-state index contributed by atoms with van der Waals surface area (Å²) >= 11 is 0. The van der Waals surface area contributed by atoms with Gasteiger partial charge in [-0.3, -0.25) is 0 Å². The molecule has 1 aromatic heterocycles. The Hall–Kier alpha value is -1.14. The molecule has 0 spiro atoms. The molecule has 1 aliphatic rings. The lowest BCUT2D eigenvalue weighted by molar-refractivity contribution is 0.118. The van der Waals surface area contributed by atoms with Crippen molar-refractivity contribution in [3.63, 3.8) is 0 Å². The molecule has 1 aliphatic carbocycles. The van der Waals surface area contributed by atoms with E-state index in [1.807, 2.05) is 0 Å². The van der Waals surface area contributed by atoms with Gasteiger partial charge in [0.25, 0.3) is 0 Å². The number of ether oxygens (including phenoxy) is 1. The molecular formula is C12H22N4O2. The van der Waals surface area contributed by atoms with Gasteiger partial charge >= 0.3 is 6.01 Å². The van der Waals surface area contributed by atoms with Crippen molar-refractivity contribution >= 4 is 6.01 Å². The summed E-state index contributed by atoms with van der Waals surface area (Å²) in [5.41, 5.74) is 0. The maximum atomic E-state index is 5.45. The van der Waals surface area contributed by atoms with Gasteiger partial charge in [-0.1, -0.05) is 18.9 Å². The first-order valence-corrected chi connectivity index (χ1v) is 6.61. The van der Waals surface area contributed by atoms with Crippen LogP contribution in [0, 0.1) is 5.92 Å². The standard InChI is InChI=1S/C12H22N4O2/c1-9(2)8-17-6-5-13-12-16-15-11(18-12)7-14-10-3-4-10/h9-10,14H,3-8H2,1-2H3,(H,13,16). The summed E-state index contributed by atoms with van der Waals surface area (Å²) in [6.07, 6.45) is 2.51. The van der Waals surface area contributed by atoms with Crippen LogP contribution in [0.4, 0.5) is 6.01 Å². The number of rotatable bonds is 9. The molecule has 0 unspecified atom stereocenters. The van der Waals surface area contributed by atoms with Crippen LogP contribution >= 0.6 is 0 Å². The third kappa shape index (κ3) is 5.01. The fourth-order valence-corrected chi connectivity index (χ4v) is 1.46. The van der Waals surface area contributed by atoms with Gasteiger partial charge in [0.2, 0.25) is 5.89 Å². The average Bonchev–Trinajstić information content (AvgIpc) is 3.06. The number of hydrogen-bond acceptors (Lipinski definition) is 6. The van der Waals surface area contributed by atoms with E-state index in [2.05, 4.69) is 34.7 Å². The number of nitrogens with one attached hydrogen (secondary N) is 2. The molecule has 6 nitrogen and oxygen atoms in total. The highest BCUT2D eigenvalue weighted by molar-refractivity contribution is 5.16. The molecule has 6 heteroatoms. The summed E-state index contributed by atoms with van der Waals surface area (Å²) in [6, 6.07) is 1.12. The van der Waals surface area contributed by atoms with Crippen molar-refractivity contribution in [3.8, 4) is 0 Å². The zero-order chi connectivity index (χ0) is 12.8. The van der Waals surface area contributed by atoms with E-state index in [-0.39, 0.29) is 0 Å². The second-order valence-corrected chi connectivity index (χ2v) is 5.05. The topological polar surface area (TPSA) is 72.2 Å². The Balaban J connectivity index is 1.57. The van der Waals surface area contributed by atoms with Crippen molar-refractivity contribution in [1.82, 2.24) is 15.5 Å². The molecule has 102 valence electrons. The second kappa shape index (κ2) is 6.70. The lowest BCUT2D eigenvalue weighted by Crippen LogP contribution is -2.15. The number of aromatic nitrogens is 2. The predicted molar refractivity (Wildman–Crippen MR) is 68.3 cm³/mol. The highest BCUT2D eigenvalue weighted by atomic mass is 16.5. The Morgan fingerprint density at radius 2 is 2.22 bits per heavy atom. The lowest BCUT2D eigenvalue weighted by atomic mass is 10.2. The monoisotopic (exact) mass is 254 g/mol. The van der Waals surface area contributed by atoms with Crippen molar-refractivity contribution in [1.29, 1.82) is 0 Å². The van der Waals surface area contributed by atoms with Crippen LogP contribution in [0.1, 0.15) is 32.6 Å². The van der Waals surface area contributed by atoms with E-state index in [1.165, 1.54) is 12.8 Å². The maximum Gasteiger partial charge on any atom is 0.315 e. The van der Waals surface area contributed by atoms with Gasteiger partial charge in [-0.15, -0.1) is 5.10 Å². The van der Waals surface area contributed by atoms with Gasteiger partial charge in [0.05, 0.1) is 13.2 Å². The Bertz CT molecular complexity index is 350. The summed E-state index contributed by atoms with van der Waals surface area (Å²) < 4.78 is 10.9. The van der Waals surface area contributed by atoms with Crippen LogP contribution in [0.25, 0.3) is 0 Å². The molecule has 1 heterocycles. The first-order valence-electron chi connectivity index (χ1n) is 6.61. The van der Waals surface area contributed by atoms with E-state index in [1.54, 1.807) is 0 Å². The number of hydrogen-bond donors (Lipinski definition) is 2. The summed E-state index contributed by atoms with van der Waals surface area (Å²) in [6.45, 7) is 7.03. The van der Waals surface area contributed by atoms with Crippen LogP contribution in [0.3, 0.4) is 0 Å². The van der Waals surface area contributed by atoms with Crippen molar-refractivity contribution in [2.75, 3.05) is 25.1 Å².